The molecule has 2 N–H and O–H groups in total. The van der Waals surface area contributed by atoms with E-state index in [0.717, 1.165) is 10.6 Å². The molecule has 0 unspecified atom stereocenters. The van der Waals surface area contributed by atoms with E-state index in [9.17, 15) is 14.4 Å². The van der Waals surface area contributed by atoms with Gasteiger partial charge in [-0.3, -0.25) is 10.2 Å². The number of benzene rings is 1. The molecule has 24 heavy (non-hydrogen) atoms. The lowest BCUT2D eigenvalue weighted by atomic mass is 9.99. The van der Waals surface area contributed by atoms with Crippen LogP contribution in [0.1, 0.15) is 32.8 Å². The topological polar surface area (TPSA) is 87.7 Å². The maximum Gasteiger partial charge on any atom is 0.337 e. The van der Waals surface area contributed by atoms with Crippen LogP contribution in [-0.4, -0.2) is 36.1 Å². The third-order valence-corrected chi connectivity index (χ3v) is 3.67. The van der Waals surface area contributed by atoms with Crippen LogP contribution in [0.15, 0.2) is 30.3 Å². The Bertz CT molecular complexity index is 562. The molecular formula is C17H25N3O4. The van der Waals surface area contributed by atoms with Crippen molar-refractivity contribution in [3.8, 4) is 0 Å². The lowest BCUT2D eigenvalue weighted by Crippen LogP contribution is -2.55. The number of nitrogens with one attached hydrogen (secondary N) is 2. The molecule has 7 nitrogen and oxygen atoms in total. The number of carbonyl (C=O) groups is 3. The van der Waals surface area contributed by atoms with Gasteiger partial charge in [-0.1, -0.05) is 50.6 Å². The Balaban J connectivity index is 2.89. The molecule has 0 radical (unpaired) electrons. The van der Waals surface area contributed by atoms with Gasteiger partial charge in [0.05, 0.1) is 13.7 Å². The van der Waals surface area contributed by atoms with Crippen LogP contribution in [0.25, 0.3) is 0 Å². The maximum atomic E-state index is 12.5. The van der Waals surface area contributed by atoms with Gasteiger partial charge in [0.25, 0.3) is 0 Å². The molecule has 0 aliphatic rings. The lowest BCUT2D eigenvalue weighted by Gasteiger charge is -2.27. The van der Waals surface area contributed by atoms with Gasteiger partial charge in [-0.25, -0.2) is 14.6 Å². The molecule has 1 aromatic carbocycles. The molecule has 0 aliphatic heterocycles. The number of hydrazine groups is 1. The van der Waals surface area contributed by atoms with Crippen LogP contribution in [-0.2, 0) is 20.9 Å². The van der Waals surface area contributed by atoms with E-state index in [-0.39, 0.29) is 18.4 Å². The number of amides is 3. The quantitative estimate of drug-likeness (QED) is 0.613. The smallest absolute Gasteiger partial charge is 0.337 e. The summed E-state index contributed by atoms with van der Waals surface area (Å²) >= 11 is 0. The highest BCUT2D eigenvalue weighted by Gasteiger charge is 2.29. The lowest BCUT2D eigenvalue weighted by molar-refractivity contribution is -0.144. The number of carbonyl (C=O) groups excluding carboxylic acids is 3. The number of urea groups is 1. The summed E-state index contributed by atoms with van der Waals surface area (Å²) < 4.78 is 4.76. The van der Waals surface area contributed by atoms with E-state index in [2.05, 4.69) is 10.7 Å². The average molecular weight is 335 g/mol. The van der Waals surface area contributed by atoms with Crippen LogP contribution in [0.3, 0.4) is 0 Å². The Kier molecular flexibility index (Phi) is 7.74. The minimum atomic E-state index is -0.778. The van der Waals surface area contributed by atoms with Crippen LogP contribution in [0.2, 0.25) is 0 Å². The molecule has 132 valence electrons. The number of nitrogens with zero attached hydrogens (tertiary/aromatic N) is 1. The zero-order valence-electron chi connectivity index (χ0n) is 14.5. The summed E-state index contributed by atoms with van der Waals surface area (Å²) in [6, 6.07) is 7.89. The van der Waals surface area contributed by atoms with Crippen molar-refractivity contribution in [3.05, 3.63) is 35.9 Å². The van der Waals surface area contributed by atoms with Crippen LogP contribution in [0.5, 0.6) is 0 Å². The van der Waals surface area contributed by atoms with Crippen molar-refractivity contribution in [2.45, 2.75) is 39.8 Å². The van der Waals surface area contributed by atoms with Crippen LogP contribution >= 0.6 is 0 Å². The van der Waals surface area contributed by atoms with Gasteiger partial charge >= 0.3 is 12.0 Å². The fourth-order valence-corrected chi connectivity index (χ4v) is 2.13. The number of methoxy groups -OCH3 is 1. The van der Waals surface area contributed by atoms with E-state index in [4.69, 9.17) is 4.74 Å². The number of esters is 1. The van der Waals surface area contributed by atoms with Gasteiger partial charge < -0.3 is 10.1 Å². The monoisotopic (exact) mass is 335 g/mol. The van der Waals surface area contributed by atoms with Gasteiger partial charge in [-0.15, -0.1) is 0 Å². The van der Waals surface area contributed by atoms with Crippen molar-refractivity contribution in [3.63, 3.8) is 0 Å². The van der Waals surface area contributed by atoms with Gasteiger partial charge in [0.1, 0.15) is 6.04 Å². The Hall–Kier alpha value is -2.57. The van der Waals surface area contributed by atoms with Gasteiger partial charge in [0.2, 0.25) is 5.91 Å². The minimum Gasteiger partial charge on any atom is -0.467 e. The SMILES string of the molecule is CC[C@@H](C)[C@H](NC(=O)N(Cc1ccccc1)NC(C)=O)C(=O)OC. The van der Waals surface area contributed by atoms with Crippen molar-refractivity contribution in [2.75, 3.05) is 7.11 Å². The number of ether oxygens (including phenoxy) is 1. The third kappa shape index (κ3) is 5.91. The number of rotatable bonds is 6. The van der Waals surface area contributed by atoms with Gasteiger partial charge in [-0.2, -0.15) is 0 Å². The molecule has 2 atom stereocenters. The van der Waals surface area contributed by atoms with Crippen molar-refractivity contribution in [2.24, 2.45) is 5.92 Å². The summed E-state index contributed by atoms with van der Waals surface area (Å²) in [6.45, 7) is 5.27. The Morgan fingerprint density at radius 1 is 1.21 bits per heavy atom. The summed E-state index contributed by atoms with van der Waals surface area (Å²) in [7, 11) is 1.28. The van der Waals surface area contributed by atoms with Crippen molar-refractivity contribution in [1.82, 2.24) is 15.8 Å². The Morgan fingerprint density at radius 3 is 2.33 bits per heavy atom. The second kappa shape index (κ2) is 9.54. The first-order valence-corrected chi connectivity index (χ1v) is 7.86. The molecule has 7 heteroatoms. The molecule has 0 saturated carbocycles. The van der Waals surface area contributed by atoms with Crippen molar-refractivity contribution in [1.29, 1.82) is 0 Å². The summed E-state index contributed by atoms with van der Waals surface area (Å²) in [5.74, 6) is -0.989. The largest absolute Gasteiger partial charge is 0.467 e. The van der Waals surface area contributed by atoms with Crippen molar-refractivity contribution < 1.29 is 19.1 Å². The molecule has 0 aliphatic carbocycles. The molecule has 0 fully saturated rings. The summed E-state index contributed by atoms with van der Waals surface area (Å²) in [5.41, 5.74) is 3.32. The van der Waals surface area contributed by atoms with Crippen LogP contribution < -0.4 is 10.7 Å². The highest BCUT2D eigenvalue weighted by Crippen LogP contribution is 2.10. The number of hydrogen-bond acceptors (Lipinski definition) is 4. The van der Waals surface area contributed by atoms with Crippen LogP contribution in [0, 0.1) is 5.92 Å². The molecular weight excluding hydrogens is 310 g/mol. The molecule has 1 rings (SSSR count). The molecule has 0 spiro atoms. The molecule has 0 aromatic heterocycles. The summed E-state index contributed by atoms with van der Waals surface area (Å²) in [4.78, 5) is 35.8. The zero-order valence-corrected chi connectivity index (χ0v) is 14.5. The van der Waals surface area contributed by atoms with Crippen molar-refractivity contribution >= 4 is 17.9 Å². The fourth-order valence-electron chi connectivity index (χ4n) is 2.13. The first-order chi connectivity index (χ1) is 11.4. The summed E-state index contributed by atoms with van der Waals surface area (Å²) in [5, 5.41) is 3.79. The van der Waals surface area contributed by atoms with Gasteiger partial charge in [-0.05, 0) is 11.5 Å². The molecule has 3 amide bonds. The predicted octanol–water partition coefficient (Wildman–Crippen LogP) is 1.84. The molecule has 1 aromatic rings. The molecule has 0 heterocycles. The first-order valence-electron chi connectivity index (χ1n) is 7.86. The zero-order chi connectivity index (χ0) is 18.1. The Morgan fingerprint density at radius 2 is 1.83 bits per heavy atom. The van der Waals surface area contributed by atoms with Gasteiger partial charge in [0.15, 0.2) is 0 Å². The summed E-state index contributed by atoms with van der Waals surface area (Å²) in [6.07, 6.45) is 0.693. The van der Waals surface area contributed by atoms with E-state index in [1.807, 2.05) is 44.2 Å². The third-order valence-electron chi connectivity index (χ3n) is 3.67. The highest BCUT2D eigenvalue weighted by atomic mass is 16.5. The van der Waals surface area contributed by atoms with E-state index in [0.29, 0.717) is 6.42 Å². The molecule has 0 bridgehead atoms. The average Bonchev–Trinajstić information content (AvgIpc) is 2.58. The first kappa shape index (κ1) is 19.5. The second-order valence-corrected chi connectivity index (χ2v) is 5.58. The minimum absolute atomic E-state index is 0.0997. The second-order valence-electron chi connectivity index (χ2n) is 5.58. The predicted molar refractivity (Wildman–Crippen MR) is 89.6 cm³/mol. The van der Waals surface area contributed by atoms with E-state index in [1.54, 1.807) is 0 Å². The van der Waals surface area contributed by atoms with Gasteiger partial charge in [0, 0.05) is 6.92 Å². The molecule has 0 saturated heterocycles. The van der Waals surface area contributed by atoms with E-state index < -0.39 is 18.0 Å². The standard InChI is InChI=1S/C17H25N3O4/c1-5-12(2)15(16(22)24-4)18-17(23)20(19-13(3)21)11-14-9-7-6-8-10-14/h6-10,12,15H,5,11H2,1-4H3,(H,18,23)(H,19,21)/t12-,15+/m1/s1. The highest BCUT2D eigenvalue weighted by molar-refractivity contribution is 5.85. The normalized spacial score (nSPS) is 12.7. The van der Waals surface area contributed by atoms with Crippen LogP contribution in [0.4, 0.5) is 4.79 Å². The Labute approximate surface area is 142 Å². The van der Waals surface area contributed by atoms with E-state index >= 15 is 0 Å². The maximum absolute atomic E-state index is 12.5. The fraction of sp³-hybridized carbons (Fsp3) is 0.471. The number of hydrogen-bond donors (Lipinski definition) is 2. The van der Waals surface area contributed by atoms with E-state index in [1.165, 1.54) is 14.0 Å².